The lowest BCUT2D eigenvalue weighted by molar-refractivity contribution is 0.0915. The van der Waals surface area contributed by atoms with E-state index in [1.807, 2.05) is 0 Å². The fourth-order valence-corrected chi connectivity index (χ4v) is 3.45. The van der Waals surface area contributed by atoms with E-state index in [-0.39, 0.29) is 29.8 Å². The number of carbonyl (C=O) groups excluding carboxylic acids is 1. The van der Waals surface area contributed by atoms with Gasteiger partial charge in [0.25, 0.3) is 5.91 Å². The lowest BCUT2D eigenvalue weighted by Crippen LogP contribution is -2.48. The van der Waals surface area contributed by atoms with Gasteiger partial charge in [0.05, 0.1) is 4.90 Å². The van der Waals surface area contributed by atoms with Gasteiger partial charge in [-0.2, -0.15) is 4.31 Å². The molecule has 0 radical (unpaired) electrons. The molecular weight excluding hydrogens is 338 g/mol. The standard InChI is InChI=1S/C15H25N3O3S.ClH/c1-5-18(6-2)22(20,21)13-9-7-8-12(10-13)14(19)17-15(3,4)11-16;/h7-10H,5-6,11,16H2,1-4H3,(H,17,19);1H. The van der Waals surface area contributed by atoms with Crippen molar-refractivity contribution in [1.82, 2.24) is 9.62 Å². The summed E-state index contributed by atoms with van der Waals surface area (Å²) >= 11 is 0. The van der Waals surface area contributed by atoms with E-state index in [4.69, 9.17) is 5.73 Å². The van der Waals surface area contributed by atoms with Crippen LogP contribution in [0.15, 0.2) is 29.2 Å². The van der Waals surface area contributed by atoms with Crippen molar-refractivity contribution in [3.8, 4) is 0 Å². The second-order valence-corrected chi connectivity index (χ2v) is 7.60. The first-order valence-corrected chi connectivity index (χ1v) is 8.74. The van der Waals surface area contributed by atoms with Crippen LogP contribution in [0.1, 0.15) is 38.1 Å². The Labute approximate surface area is 144 Å². The van der Waals surface area contributed by atoms with Crippen LogP contribution in [0.4, 0.5) is 0 Å². The molecule has 0 atom stereocenters. The quantitative estimate of drug-likeness (QED) is 0.769. The van der Waals surface area contributed by atoms with Gasteiger partial charge in [0.1, 0.15) is 0 Å². The maximum Gasteiger partial charge on any atom is 0.251 e. The molecule has 0 saturated carbocycles. The molecule has 1 rings (SSSR count). The van der Waals surface area contributed by atoms with E-state index in [1.54, 1.807) is 39.8 Å². The number of carbonyl (C=O) groups is 1. The van der Waals surface area contributed by atoms with Gasteiger partial charge >= 0.3 is 0 Å². The van der Waals surface area contributed by atoms with Gasteiger partial charge in [-0.3, -0.25) is 4.79 Å². The Kier molecular flexibility index (Phi) is 8.20. The summed E-state index contributed by atoms with van der Waals surface area (Å²) in [5, 5.41) is 2.79. The van der Waals surface area contributed by atoms with Gasteiger partial charge in [-0.15, -0.1) is 12.4 Å². The molecule has 3 N–H and O–H groups in total. The zero-order chi connectivity index (χ0) is 17.0. The average molecular weight is 364 g/mol. The highest BCUT2D eigenvalue weighted by atomic mass is 35.5. The van der Waals surface area contributed by atoms with Gasteiger partial charge in [-0.1, -0.05) is 19.9 Å². The molecule has 1 aromatic rings. The Morgan fingerprint density at radius 2 is 1.83 bits per heavy atom. The lowest BCUT2D eigenvalue weighted by Gasteiger charge is -2.24. The number of rotatable bonds is 7. The van der Waals surface area contributed by atoms with E-state index >= 15 is 0 Å². The summed E-state index contributed by atoms with van der Waals surface area (Å²) in [6, 6.07) is 6.05. The number of amides is 1. The minimum absolute atomic E-state index is 0. The summed E-state index contributed by atoms with van der Waals surface area (Å²) < 4.78 is 26.3. The van der Waals surface area contributed by atoms with Crippen molar-refractivity contribution in [2.24, 2.45) is 5.73 Å². The number of hydrogen-bond donors (Lipinski definition) is 2. The third-order valence-corrected chi connectivity index (χ3v) is 5.45. The molecule has 0 aromatic heterocycles. The first-order valence-electron chi connectivity index (χ1n) is 7.30. The molecule has 0 aliphatic heterocycles. The Morgan fingerprint density at radius 1 is 1.26 bits per heavy atom. The summed E-state index contributed by atoms with van der Waals surface area (Å²) in [4.78, 5) is 12.4. The first-order chi connectivity index (χ1) is 10.2. The minimum Gasteiger partial charge on any atom is -0.346 e. The molecule has 0 unspecified atom stereocenters. The Balaban J connectivity index is 0.00000484. The fourth-order valence-electron chi connectivity index (χ4n) is 1.94. The molecule has 132 valence electrons. The zero-order valence-electron chi connectivity index (χ0n) is 14.0. The highest BCUT2D eigenvalue weighted by molar-refractivity contribution is 7.89. The molecule has 6 nitrogen and oxygen atoms in total. The predicted octanol–water partition coefficient (Wildman–Crippen LogP) is 1.61. The first kappa shape index (κ1) is 21.9. The van der Waals surface area contributed by atoms with E-state index in [0.29, 0.717) is 18.7 Å². The number of halogens is 1. The molecule has 1 aromatic carbocycles. The van der Waals surface area contributed by atoms with E-state index in [9.17, 15) is 13.2 Å². The summed E-state index contributed by atoms with van der Waals surface area (Å²) in [7, 11) is -3.58. The van der Waals surface area contributed by atoms with Crippen molar-refractivity contribution in [3.63, 3.8) is 0 Å². The third-order valence-electron chi connectivity index (χ3n) is 3.40. The van der Waals surface area contributed by atoms with Gasteiger partial charge in [-0.05, 0) is 32.0 Å². The van der Waals surface area contributed by atoms with Gasteiger partial charge in [0.15, 0.2) is 0 Å². The molecule has 0 aliphatic rings. The monoisotopic (exact) mass is 363 g/mol. The van der Waals surface area contributed by atoms with Crippen molar-refractivity contribution in [1.29, 1.82) is 0 Å². The van der Waals surface area contributed by atoms with Crippen LogP contribution in [-0.4, -0.2) is 43.8 Å². The number of nitrogens with one attached hydrogen (secondary N) is 1. The maximum atomic E-state index is 12.5. The summed E-state index contributed by atoms with van der Waals surface area (Å²) in [5.41, 5.74) is 5.34. The molecule has 0 fully saturated rings. The third kappa shape index (κ3) is 5.46. The molecule has 0 bridgehead atoms. The second kappa shape index (κ2) is 8.63. The summed E-state index contributed by atoms with van der Waals surface area (Å²) in [6.45, 7) is 8.23. The molecule has 0 saturated heterocycles. The normalized spacial score (nSPS) is 11.9. The van der Waals surface area contributed by atoms with Crippen molar-refractivity contribution in [2.45, 2.75) is 38.1 Å². The van der Waals surface area contributed by atoms with E-state index in [1.165, 1.54) is 16.4 Å². The van der Waals surface area contributed by atoms with Crippen molar-refractivity contribution >= 4 is 28.3 Å². The highest BCUT2D eigenvalue weighted by Crippen LogP contribution is 2.17. The summed E-state index contributed by atoms with van der Waals surface area (Å²) in [6.07, 6.45) is 0. The Hall–Kier alpha value is -1.15. The Bertz CT molecular complexity index is 629. The maximum absolute atomic E-state index is 12.5. The van der Waals surface area contributed by atoms with Crippen molar-refractivity contribution in [2.75, 3.05) is 19.6 Å². The molecular formula is C15H26ClN3O3S. The SMILES string of the molecule is CCN(CC)S(=O)(=O)c1cccc(C(=O)NC(C)(C)CN)c1.Cl. The fraction of sp³-hybridized carbons (Fsp3) is 0.533. The van der Waals surface area contributed by atoms with Crippen LogP contribution in [0.25, 0.3) is 0 Å². The van der Waals surface area contributed by atoms with Gasteiger partial charge in [0.2, 0.25) is 10.0 Å². The molecule has 1 amide bonds. The average Bonchev–Trinajstić information content (AvgIpc) is 2.48. The zero-order valence-corrected chi connectivity index (χ0v) is 15.6. The van der Waals surface area contributed by atoms with Crippen LogP contribution >= 0.6 is 12.4 Å². The number of nitrogens with two attached hydrogens (primary N) is 1. The van der Waals surface area contributed by atoms with Crippen LogP contribution in [0.3, 0.4) is 0 Å². The van der Waals surface area contributed by atoms with E-state index < -0.39 is 15.6 Å². The molecule has 0 heterocycles. The van der Waals surface area contributed by atoms with Gasteiger partial charge in [0, 0.05) is 30.7 Å². The van der Waals surface area contributed by atoms with Crippen LogP contribution in [0, 0.1) is 0 Å². The minimum atomic E-state index is -3.58. The predicted molar refractivity (Wildman–Crippen MR) is 94.4 cm³/mol. The van der Waals surface area contributed by atoms with Gasteiger partial charge < -0.3 is 11.1 Å². The Morgan fingerprint density at radius 3 is 2.30 bits per heavy atom. The van der Waals surface area contributed by atoms with Crippen LogP contribution < -0.4 is 11.1 Å². The lowest BCUT2D eigenvalue weighted by atomic mass is 10.1. The molecule has 8 heteroatoms. The number of nitrogens with zero attached hydrogens (tertiary/aromatic N) is 1. The van der Waals surface area contributed by atoms with Gasteiger partial charge in [-0.25, -0.2) is 8.42 Å². The number of hydrogen-bond acceptors (Lipinski definition) is 4. The van der Waals surface area contributed by atoms with E-state index in [0.717, 1.165) is 0 Å². The van der Waals surface area contributed by atoms with Crippen molar-refractivity contribution in [3.05, 3.63) is 29.8 Å². The molecule has 23 heavy (non-hydrogen) atoms. The van der Waals surface area contributed by atoms with E-state index in [2.05, 4.69) is 5.32 Å². The van der Waals surface area contributed by atoms with Crippen LogP contribution in [0.5, 0.6) is 0 Å². The second-order valence-electron chi connectivity index (χ2n) is 5.66. The largest absolute Gasteiger partial charge is 0.346 e. The molecule has 0 spiro atoms. The number of sulfonamides is 1. The van der Waals surface area contributed by atoms with Crippen LogP contribution in [-0.2, 0) is 10.0 Å². The van der Waals surface area contributed by atoms with Crippen molar-refractivity contribution < 1.29 is 13.2 Å². The summed E-state index contributed by atoms with van der Waals surface area (Å²) in [5.74, 6) is -0.341. The van der Waals surface area contributed by atoms with Crippen LogP contribution in [0.2, 0.25) is 0 Å². The topological polar surface area (TPSA) is 92.5 Å². The smallest absolute Gasteiger partial charge is 0.251 e. The molecule has 0 aliphatic carbocycles. The number of benzene rings is 1. The highest BCUT2D eigenvalue weighted by Gasteiger charge is 2.24.